The third-order valence-electron chi connectivity index (χ3n) is 3.60. The van der Waals surface area contributed by atoms with Gasteiger partial charge in [0.2, 0.25) is 5.91 Å². The summed E-state index contributed by atoms with van der Waals surface area (Å²) in [5.41, 5.74) is 1.07. The van der Waals surface area contributed by atoms with Gasteiger partial charge in [-0.3, -0.25) is 4.79 Å². The lowest BCUT2D eigenvalue weighted by Crippen LogP contribution is -2.33. The highest BCUT2D eigenvalue weighted by molar-refractivity contribution is 5.77. The Morgan fingerprint density at radius 1 is 1.47 bits per heavy atom. The van der Waals surface area contributed by atoms with Gasteiger partial charge in [-0.15, -0.1) is 0 Å². The minimum absolute atomic E-state index is 0.0130. The van der Waals surface area contributed by atoms with Crippen molar-refractivity contribution in [2.75, 3.05) is 19.7 Å². The zero-order chi connectivity index (χ0) is 13.7. The molecule has 2 unspecified atom stereocenters. The first-order chi connectivity index (χ1) is 9.16. The maximum absolute atomic E-state index is 11.9. The zero-order valence-electron chi connectivity index (χ0n) is 11.3. The van der Waals surface area contributed by atoms with Gasteiger partial charge in [-0.05, 0) is 18.9 Å². The molecule has 2 rings (SSSR count). The quantitative estimate of drug-likeness (QED) is 0.874. The predicted molar refractivity (Wildman–Crippen MR) is 72.5 cm³/mol. The highest BCUT2D eigenvalue weighted by atomic mass is 16.5. The van der Waals surface area contributed by atoms with Crippen molar-refractivity contribution in [1.29, 1.82) is 0 Å². The summed E-state index contributed by atoms with van der Waals surface area (Å²) >= 11 is 0. The first-order valence-corrected chi connectivity index (χ1v) is 6.74. The Labute approximate surface area is 114 Å². The average molecular weight is 263 g/mol. The number of hydrogen-bond acceptors (Lipinski definition) is 3. The topological polar surface area (TPSA) is 49.8 Å². The van der Waals surface area contributed by atoms with Crippen LogP contribution in [-0.2, 0) is 16.1 Å². The van der Waals surface area contributed by atoms with Crippen LogP contribution in [0.4, 0.5) is 0 Å². The summed E-state index contributed by atoms with van der Waals surface area (Å²) in [5.74, 6) is 0.220. The molecular weight excluding hydrogens is 242 g/mol. The fraction of sp³-hybridized carbons (Fsp3) is 0.533. The summed E-state index contributed by atoms with van der Waals surface area (Å²) in [5, 5.41) is 9.51. The van der Waals surface area contributed by atoms with Crippen LogP contribution in [0.15, 0.2) is 30.3 Å². The lowest BCUT2D eigenvalue weighted by atomic mass is 10.0. The van der Waals surface area contributed by atoms with E-state index in [-0.39, 0.29) is 24.5 Å². The number of benzene rings is 1. The molecule has 1 N–H and O–H groups in total. The number of amides is 1. The smallest absolute Gasteiger partial charge is 0.248 e. The van der Waals surface area contributed by atoms with E-state index in [1.807, 2.05) is 30.3 Å². The van der Waals surface area contributed by atoms with Gasteiger partial charge in [0.05, 0.1) is 12.7 Å². The Balaban J connectivity index is 1.71. The van der Waals surface area contributed by atoms with Crippen LogP contribution in [0.2, 0.25) is 0 Å². The number of carbonyl (C=O) groups excluding carboxylic acids is 1. The second-order valence-electron chi connectivity index (χ2n) is 5.11. The molecule has 0 bridgehead atoms. The Morgan fingerprint density at radius 3 is 2.84 bits per heavy atom. The summed E-state index contributed by atoms with van der Waals surface area (Å²) < 4.78 is 5.44. The minimum Gasteiger partial charge on any atom is -0.393 e. The third kappa shape index (κ3) is 4.04. The van der Waals surface area contributed by atoms with E-state index in [1.54, 1.807) is 11.8 Å². The van der Waals surface area contributed by atoms with Crippen molar-refractivity contribution in [3.8, 4) is 0 Å². The normalized spacial score (nSPS) is 20.5. The van der Waals surface area contributed by atoms with Crippen molar-refractivity contribution in [2.45, 2.75) is 26.1 Å². The van der Waals surface area contributed by atoms with Gasteiger partial charge in [0, 0.05) is 19.0 Å². The minimum atomic E-state index is -0.344. The summed E-state index contributed by atoms with van der Waals surface area (Å²) in [7, 11) is 0. The van der Waals surface area contributed by atoms with Crippen LogP contribution in [0, 0.1) is 5.92 Å². The maximum Gasteiger partial charge on any atom is 0.248 e. The van der Waals surface area contributed by atoms with Crippen molar-refractivity contribution in [3.63, 3.8) is 0 Å². The molecule has 0 aromatic heterocycles. The van der Waals surface area contributed by atoms with E-state index >= 15 is 0 Å². The number of nitrogens with zero attached hydrogens (tertiary/aromatic N) is 1. The molecule has 0 radical (unpaired) electrons. The van der Waals surface area contributed by atoms with E-state index in [0.717, 1.165) is 18.5 Å². The van der Waals surface area contributed by atoms with Gasteiger partial charge >= 0.3 is 0 Å². The third-order valence-corrected chi connectivity index (χ3v) is 3.60. The molecule has 0 spiro atoms. The summed E-state index contributed by atoms with van der Waals surface area (Å²) in [6.07, 6.45) is 0.533. The van der Waals surface area contributed by atoms with Crippen LogP contribution >= 0.6 is 0 Å². The highest BCUT2D eigenvalue weighted by Crippen LogP contribution is 2.19. The molecule has 1 aromatic carbocycles. The average Bonchev–Trinajstić information content (AvgIpc) is 2.89. The Morgan fingerprint density at radius 2 is 2.21 bits per heavy atom. The molecule has 1 aliphatic heterocycles. The molecule has 1 amide bonds. The van der Waals surface area contributed by atoms with Crippen LogP contribution < -0.4 is 0 Å². The van der Waals surface area contributed by atoms with E-state index in [1.165, 1.54) is 0 Å². The van der Waals surface area contributed by atoms with E-state index in [4.69, 9.17) is 4.74 Å². The lowest BCUT2D eigenvalue weighted by Gasteiger charge is -2.17. The van der Waals surface area contributed by atoms with E-state index in [2.05, 4.69) is 0 Å². The van der Waals surface area contributed by atoms with E-state index < -0.39 is 0 Å². The monoisotopic (exact) mass is 263 g/mol. The number of rotatable bonds is 5. The first kappa shape index (κ1) is 14.0. The SMILES string of the molecule is CC(O)C1CCN(C(=O)COCc2ccccc2)C1. The number of ether oxygens (including phenoxy) is 1. The van der Waals surface area contributed by atoms with Gasteiger partial charge in [-0.2, -0.15) is 0 Å². The van der Waals surface area contributed by atoms with Crippen LogP contribution in [0.3, 0.4) is 0 Å². The van der Waals surface area contributed by atoms with Crippen molar-refractivity contribution in [2.24, 2.45) is 5.92 Å². The number of likely N-dealkylation sites (tertiary alicyclic amines) is 1. The second-order valence-corrected chi connectivity index (χ2v) is 5.11. The summed E-state index contributed by atoms with van der Waals surface area (Å²) in [6, 6.07) is 9.81. The van der Waals surface area contributed by atoms with Gasteiger partial charge in [-0.1, -0.05) is 30.3 Å². The highest BCUT2D eigenvalue weighted by Gasteiger charge is 2.28. The number of carbonyl (C=O) groups is 1. The van der Waals surface area contributed by atoms with E-state index in [9.17, 15) is 9.90 Å². The Bertz CT molecular complexity index is 405. The van der Waals surface area contributed by atoms with Crippen molar-refractivity contribution in [1.82, 2.24) is 4.90 Å². The molecule has 2 atom stereocenters. The second kappa shape index (κ2) is 6.68. The number of hydrogen-bond donors (Lipinski definition) is 1. The molecule has 1 fully saturated rings. The molecule has 4 nitrogen and oxygen atoms in total. The van der Waals surface area contributed by atoms with Crippen LogP contribution in [0.5, 0.6) is 0 Å². The summed E-state index contributed by atoms with van der Waals surface area (Å²) in [4.78, 5) is 13.7. The van der Waals surface area contributed by atoms with Crippen LogP contribution in [0.1, 0.15) is 18.9 Å². The molecular formula is C15H21NO3. The molecule has 1 saturated heterocycles. The summed E-state index contributed by atoms with van der Waals surface area (Å²) in [6.45, 7) is 3.72. The maximum atomic E-state index is 11.9. The Kier molecular flexibility index (Phi) is 4.93. The van der Waals surface area contributed by atoms with Crippen molar-refractivity contribution in [3.05, 3.63) is 35.9 Å². The molecule has 0 saturated carbocycles. The lowest BCUT2D eigenvalue weighted by molar-refractivity contribution is -0.135. The molecule has 4 heteroatoms. The molecule has 1 aliphatic rings. The largest absolute Gasteiger partial charge is 0.393 e. The fourth-order valence-corrected chi connectivity index (χ4v) is 2.33. The molecule has 104 valence electrons. The molecule has 19 heavy (non-hydrogen) atoms. The van der Waals surface area contributed by atoms with Gasteiger partial charge in [0.25, 0.3) is 0 Å². The van der Waals surface area contributed by atoms with Gasteiger partial charge in [0.1, 0.15) is 6.61 Å². The van der Waals surface area contributed by atoms with Crippen molar-refractivity contribution < 1.29 is 14.6 Å². The standard InChI is InChI=1S/C15H21NO3/c1-12(17)14-7-8-16(9-14)15(18)11-19-10-13-5-3-2-4-6-13/h2-6,12,14,17H,7-11H2,1H3. The van der Waals surface area contributed by atoms with Crippen molar-refractivity contribution >= 4 is 5.91 Å². The number of aliphatic hydroxyl groups is 1. The first-order valence-electron chi connectivity index (χ1n) is 6.74. The van der Waals surface area contributed by atoms with Crippen LogP contribution in [-0.4, -0.2) is 41.7 Å². The molecule has 1 heterocycles. The zero-order valence-corrected chi connectivity index (χ0v) is 11.3. The van der Waals surface area contributed by atoms with Gasteiger partial charge < -0.3 is 14.7 Å². The van der Waals surface area contributed by atoms with Crippen LogP contribution in [0.25, 0.3) is 0 Å². The van der Waals surface area contributed by atoms with Gasteiger partial charge in [-0.25, -0.2) is 0 Å². The Hall–Kier alpha value is -1.39. The molecule has 0 aliphatic carbocycles. The van der Waals surface area contributed by atoms with Gasteiger partial charge in [0.15, 0.2) is 0 Å². The number of aliphatic hydroxyl groups excluding tert-OH is 1. The van der Waals surface area contributed by atoms with E-state index in [0.29, 0.717) is 13.2 Å². The molecule has 1 aromatic rings. The predicted octanol–water partition coefficient (Wildman–Crippen LogP) is 1.43. The fourth-order valence-electron chi connectivity index (χ4n) is 2.33.